The average molecular weight is 379 g/mol. The fourth-order valence-corrected chi connectivity index (χ4v) is 5.45. The van der Waals surface area contributed by atoms with Crippen LogP contribution in [0.15, 0.2) is 24.3 Å². The third-order valence-corrected chi connectivity index (χ3v) is 7.11. The van der Waals surface area contributed by atoms with Crippen molar-refractivity contribution < 1.29 is 18.0 Å². The van der Waals surface area contributed by atoms with Crippen LogP contribution in [0.25, 0.3) is 0 Å². The van der Waals surface area contributed by atoms with Gasteiger partial charge in [-0.1, -0.05) is 12.8 Å². The summed E-state index contributed by atoms with van der Waals surface area (Å²) in [6.45, 7) is 0.483. The molecule has 0 bridgehead atoms. The lowest BCUT2D eigenvalue weighted by Crippen LogP contribution is -2.39. The Hall–Kier alpha value is -2.09. The fourth-order valence-electron chi connectivity index (χ4n) is 3.81. The van der Waals surface area contributed by atoms with Crippen molar-refractivity contribution in [2.75, 3.05) is 21.9 Å². The summed E-state index contributed by atoms with van der Waals surface area (Å²) in [5.74, 6) is -1.27. The number of sulfonamides is 1. The minimum absolute atomic E-state index is 0.168. The second kappa shape index (κ2) is 7.65. The molecule has 1 aliphatic heterocycles. The Labute approximate surface area is 154 Å². The van der Waals surface area contributed by atoms with E-state index in [0.29, 0.717) is 37.2 Å². The predicted molar refractivity (Wildman–Crippen MR) is 100 cm³/mol. The van der Waals surface area contributed by atoms with Gasteiger partial charge < -0.3 is 11.1 Å². The second-order valence-electron chi connectivity index (χ2n) is 7.03. The van der Waals surface area contributed by atoms with Crippen molar-refractivity contribution in [1.82, 2.24) is 0 Å². The molecule has 2 atom stereocenters. The van der Waals surface area contributed by atoms with Crippen LogP contribution in [-0.2, 0) is 19.6 Å². The number of hydrogen-bond donors (Lipinski definition) is 2. The first kappa shape index (κ1) is 18.7. The van der Waals surface area contributed by atoms with E-state index in [1.54, 1.807) is 24.3 Å². The van der Waals surface area contributed by atoms with Crippen LogP contribution in [0.3, 0.4) is 0 Å². The Morgan fingerprint density at radius 2 is 1.65 bits per heavy atom. The summed E-state index contributed by atoms with van der Waals surface area (Å²) in [5, 5.41) is 2.83. The van der Waals surface area contributed by atoms with Crippen molar-refractivity contribution in [3.63, 3.8) is 0 Å². The summed E-state index contributed by atoms with van der Waals surface area (Å²) in [6.07, 6.45) is 4.66. The minimum Gasteiger partial charge on any atom is -0.369 e. The summed E-state index contributed by atoms with van der Waals surface area (Å²) in [4.78, 5) is 24.1. The lowest BCUT2D eigenvalue weighted by molar-refractivity contribution is -0.131. The van der Waals surface area contributed by atoms with Crippen molar-refractivity contribution in [3.05, 3.63) is 24.3 Å². The highest BCUT2D eigenvalue weighted by Crippen LogP contribution is 2.31. The van der Waals surface area contributed by atoms with Crippen LogP contribution in [0, 0.1) is 11.8 Å². The number of anilines is 2. The van der Waals surface area contributed by atoms with E-state index in [1.807, 2.05) is 0 Å². The van der Waals surface area contributed by atoms with E-state index in [-0.39, 0.29) is 11.7 Å². The summed E-state index contributed by atoms with van der Waals surface area (Å²) in [5.41, 5.74) is 6.63. The zero-order chi connectivity index (χ0) is 18.7. The van der Waals surface area contributed by atoms with Crippen LogP contribution in [0.1, 0.15) is 38.5 Å². The van der Waals surface area contributed by atoms with Gasteiger partial charge in [0.15, 0.2) is 0 Å². The third-order valence-electron chi connectivity index (χ3n) is 5.24. The molecule has 26 heavy (non-hydrogen) atoms. The Bertz CT molecular complexity index is 776. The summed E-state index contributed by atoms with van der Waals surface area (Å²) in [7, 11) is -3.25. The largest absolute Gasteiger partial charge is 0.369 e. The topological polar surface area (TPSA) is 110 Å². The maximum absolute atomic E-state index is 12.5. The van der Waals surface area contributed by atoms with Crippen molar-refractivity contribution in [3.8, 4) is 0 Å². The standard InChI is InChI=1S/C18H25N3O4S/c19-17(22)15-5-1-2-6-16(15)18(23)20-13-7-9-14(10-8-13)21-11-3-4-12-26(21,24)25/h7-10,15-16H,1-6,11-12H2,(H2,19,22)(H,20,23). The van der Waals surface area contributed by atoms with E-state index >= 15 is 0 Å². The molecule has 1 aromatic carbocycles. The number of benzene rings is 1. The van der Waals surface area contributed by atoms with Crippen molar-refractivity contribution in [2.24, 2.45) is 17.6 Å². The van der Waals surface area contributed by atoms with Gasteiger partial charge in [-0.3, -0.25) is 13.9 Å². The van der Waals surface area contributed by atoms with Gasteiger partial charge in [0.05, 0.1) is 11.4 Å². The quantitative estimate of drug-likeness (QED) is 0.832. The number of amides is 2. The van der Waals surface area contributed by atoms with E-state index in [4.69, 9.17) is 5.73 Å². The molecule has 1 saturated heterocycles. The summed E-state index contributed by atoms with van der Waals surface area (Å²) in [6, 6.07) is 6.79. The van der Waals surface area contributed by atoms with Gasteiger partial charge in [-0.2, -0.15) is 0 Å². The molecule has 3 rings (SSSR count). The molecule has 2 fully saturated rings. The smallest absolute Gasteiger partial charge is 0.235 e. The molecule has 1 aromatic rings. The molecule has 7 nitrogen and oxygen atoms in total. The molecule has 0 aromatic heterocycles. The van der Waals surface area contributed by atoms with Gasteiger partial charge in [-0.15, -0.1) is 0 Å². The monoisotopic (exact) mass is 379 g/mol. The van der Waals surface area contributed by atoms with Crippen LogP contribution >= 0.6 is 0 Å². The number of nitrogens with zero attached hydrogens (tertiary/aromatic N) is 1. The lowest BCUT2D eigenvalue weighted by atomic mass is 9.78. The van der Waals surface area contributed by atoms with Gasteiger partial charge in [0, 0.05) is 24.1 Å². The normalized spacial score (nSPS) is 25.5. The summed E-state index contributed by atoms with van der Waals surface area (Å²) >= 11 is 0. The van der Waals surface area contributed by atoms with Crippen LogP contribution in [0.5, 0.6) is 0 Å². The van der Waals surface area contributed by atoms with Crippen molar-refractivity contribution in [2.45, 2.75) is 38.5 Å². The molecule has 142 valence electrons. The van der Waals surface area contributed by atoms with E-state index < -0.39 is 27.8 Å². The van der Waals surface area contributed by atoms with Gasteiger partial charge in [-0.25, -0.2) is 8.42 Å². The maximum Gasteiger partial charge on any atom is 0.235 e. The molecule has 8 heteroatoms. The highest BCUT2D eigenvalue weighted by molar-refractivity contribution is 7.92. The van der Waals surface area contributed by atoms with E-state index in [2.05, 4.69) is 5.32 Å². The Kier molecular flexibility index (Phi) is 5.50. The predicted octanol–water partition coefficient (Wildman–Crippen LogP) is 1.85. The molecule has 0 spiro atoms. The summed E-state index contributed by atoms with van der Waals surface area (Å²) < 4.78 is 25.8. The van der Waals surface area contributed by atoms with Crippen LogP contribution in [0.2, 0.25) is 0 Å². The first-order valence-electron chi connectivity index (χ1n) is 9.09. The number of primary amides is 1. The number of nitrogens with two attached hydrogens (primary N) is 1. The number of nitrogens with one attached hydrogen (secondary N) is 1. The van der Waals surface area contributed by atoms with E-state index in [0.717, 1.165) is 19.3 Å². The van der Waals surface area contributed by atoms with Gasteiger partial charge in [-0.05, 0) is 49.9 Å². The zero-order valence-corrected chi connectivity index (χ0v) is 15.5. The molecule has 1 heterocycles. The van der Waals surface area contributed by atoms with Crippen molar-refractivity contribution >= 4 is 33.2 Å². The molecule has 1 saturated carbocycles. The molecule has 2 amide bonds. The molecule has 2 unspecified atom stereocenters. The van der Waals surface area contributed by atoms with E-state index in [9.17, 15) is 18.0 Å². The number of carbonyl (C=O) groups excluding carboxylic acids is 2. The Morgan fingerprint density at radius 1 is 1.00 bits per heavy atom. The Balaban J connectivity index is 1.69. The molecule has 2 aliphatic rings. The zero-order valence-electron chi connectivity index (χ0n) is 14.7. The molecular formula is C18H25N3O4S. The van der Waals surface area contributed by atoms with Crippen LogP contribution in [-0.4, -0.2) is 32.5 Å². The SMILES string of the molecule is NC(=O)C1CCCCC1C(=O)Nc1ccc(N2CCCCS2(=O)=O)cc1. The lowest BCUT2D eigenvalue weighted by Gasteiger charge is -2.29. The average Bonchev–Trinajstić information content (AvgIpc) is 2.62. The van der Waals surface area contributed by atoms with Crippen LogP contribution < -0.4 is 15.4 Å². The number of carbonyl (C=O) groups is 2. The Morgan fingerprint density at radius 3 is 2.27 bits per heavy atom. The third kappa shape index (κ3) is 4.00. The minimum atomic E-state index is -3.25. The van der Waals surface area contributed by atoms with Gasteiger partial charge in [0.1, 0.15) is 0 Å². The highest BCUT2D eigenvalue weighted by Gasteiger charge is 2.34. The van der Waals surface area contributed by atoms with Crippen LogP contribution in [0.4, 0.5) is 11.4 Å². The maximum atomic E-state index is 12.5. The first-order valence-corrected chi connectivity index (χ1v) is 10.7. The fraction of sp³-hybridized carbons (Fsp3) is 0.556. The molecule has 0 radical (unpaired) electrons. The second-order valence-corrected chi connectivity index (χ2v) is 9.04. The highest BCUT2D eigenvalue weighted by atomic mass is 32.2. The molecule has 3 N–H and O–H groups in total. The van der Waals surface area contributed by atoms with Gasteiger partial charge in [0.25, 0.3) is 0 Å². The van der Waals surface area contributed by atoms with Gasteiger partial charge in [0.2, 0.25) is 21.8 Å². The van der Waals surface area contributed by atoms with E-state index in [1.165, 1.54) is 4.31 Å². The van der Waals surface area contributed by atoms with Gasteiger partial charge >= 0.3 is 0 Å². The molecule has 1 aliphatic carbocycles. The van der Waals surface area contributed by atoms with Crippen molar-refractivity contribution in [1.29, 1.82) is 0 Å². The first-order chi connectivity index (χ1) is 12.4. The number of rotatable bonds is 4. The number of hydrogen-bond acceptors (Lipinski definition) is 4. The molecular weight excluding hydrogens is 354 g/mol.